The Morgan fingerprint density at radius 3 is 2.40 bits per heavy atom. The van der Waals surface area contributed by atoms with Crippen LogP contribution in [0.1, 0.15) is 18.9 Å². The standard InChI is InChI=1S/C17H14ClF4NO2/c1-2-15(25-12-6-4-11(19)5-7-12)16(24)23-14-8-3-10(18)9-13(14)17(20,21)22/h3-9,15H,2H2,1H3,(H,23,24)/t15-/m0/s1. The second kappa shape index (κ2) is 7.74. The van der Waals surface area contributed by atoms with Gasteiger partial charge in [0.15, 0.2) is 6.10 Å². The van der Waals surface area contributed by atoms with Gasteiger partial charge in [-0.1, -0.05) is 18.5 Å². The number of alkyl halides is 3. The maximum atomic E-state index is 13.1. The first-order valence-corrected chi connectivity index (χ1v) is 7.68. The number of ether oxygens (including phenoxy) is 1. The average Bonchev–Trinajstić information content (AvgIpc) is 2.55. The zero-order valence-corrected chi connectivity index (χ0v) is 13.8. The van der Waals surface area contributed by atoms with Crippen molar-refractivity contribution in [3.8, 4) is 5.75 Å². The molecule has 8 heteroatoms. The van der Waals surface area contributed by atoms with Gasteiger partial charge in [0.1, 0.15) is 11.6 Å². The van der Waals surface area contributed by atoms with E-state index in [1.807, 2.05) is 0 Å². The van der Waals surface area contributed by atoms with Gasteiger partial charge in [0.2, 0.25) is 0 Å². The van der Waals surface area contributed by atoms with Crippen LogP contribution in [0.5, 0.6) is 5.75 Å². The third kappa shape index (κ3) is 5.09. The van der Waals surface area contributed by atoms with Crippen LogP contribution in [0.3, 0.4) is 0 Å². The largest absolute Gasteiger partial charge is 0.481 e. The number of amides is 1. The fraction of sp³-hybridized carbons (Fsp3) is 0.235. The van der Waals surface area contributed by atoms with E-state index < -0.39 is 35.3 Å². The summed E-state index contributed by atoms with van der Waals surface area (Å²) in [5.74, 6) is -0.990. The van der Waals surface area contributed by atoms with Crippen LogP contribution in [0.4, 0.5) is 23.2 Å². The van der Waals surface area contributed by atoms with Crippen molar-refractivity contribution in [3.63, 3.8) is 0 Å². The van der Waals surface area contributed by atoms with E-state index in [1.54, 1.807) is 6.92 Å². The summed E-state index contributed by atoms with van der Waals surface area (Å²) < 4.78 is 57.5. The maximum Gasteiger partial charge on any atom is 0.418 e. The van der Waals surface area contributed by atoms with Gasteiger partial charge in [-0.2, -0.15) is 13.2 Å². The lowest BCUT2D eigenvalue weighted by atomic mass is 10.1. The topological polar surface area (TPSA) is 38.3 Å². The van der Waals surface area contributed by atoms with Gasteiger partial charge in [0.25, 0.3) is 5.91 Å². The van der Waals surface area contributed by atoms with Gasteiger partial charge < -0.3 is 10.1 Å². The number of hydrogen-bond acceptors (Lipinski definition) is 2. The molecule has 0 aliphatic heterocycles. The highest BCUT2D eigenvalue weighted by Gasteiger charge is 2.34. The molecule has 1 N–H and O–H groups in total. The summed E-state index contributed by atoms with van der Waals surface area (Å²) in [7, 11) is 0. The number of carbonyl (C=O) groups excluding carboxylic acids is 1. The van der Waals surface area contributed by atoms with Gasteiger partial charge in [0, 0.05) is 5.02 Å². The van der Waals surface area contributed by atoms with Gasteiger partial charge in [0.05, 0.1) is 11.3 Å². The van der Waals surface area contributed by atoms with Crippen LogP contribution in [0.25, 0.3) is 0 Å². The van der Waals surface area contributed by atoms with Crippen molar-refractivity contribution in [1.82, 2.24) is 0 Å². The van der Waals surface area contributed by atoms with E-state index in [0.29, 0.717) is 0 Å². The lowest BCUT2D eigenvalue weighted by Gasteiger charge is -2.19. The Bertz CT molecular complexity index is 747. The molecule has 3 nitrogen and oxygen atoms in total. The summed E-state index contributed by atoms with van der Waals surface area (Å²) in [5.41, 5.74) is -1.46. The van der Waals surface area contributed by atoms with Gasteiger partial charge in [-0.15, -0.1) is 0 Å². The van der Waals surface area contributed by atoms with Gasteiger partial charge >= 0.3 is 6.18 Å². The lowest BCUT2D eigenvalue weighted by molar-refractivity contribution is -0.137. The lowest BCUT2D eigenvalue weighted by Crippen LogP contribution is -2.33. The van der Waals surface area contributed by atoms with Gasteiger partial charge in [-0.05, 0) is 48.9 Å². The van der Waals surface area contributed by atoms with E-state index in [9.17, 15) is 22.4 Å². The van der Waals surface area contributed by atoms with E-state index in [-0.39, 0.29) is 17.2 Å². The smallest absolute Gasteiger partial charge is 0.418 e. The molecular weight excluding hydrogens is 362 g/mol. The summed E-state index contributed by atoms with van der Waals surface area (Å²) in [6.45, 7) is 1.64. The van der Waals surface area contributed by atoms with Crippen molar-refractivity contribution < 1.29 is 27.1 Å². The highest BCUT2D eigenvalue weighted by Crippen LogP contribution is 2.36. The second-order valence-electron chi connectivity index (χ2n) is 5.15. The van der Waals surface area contributed by atoms with E-state index in [1.165, 1.54) is 18.2 Å². The van der Waals surface area contributed by atoms with Crippen molar-refractivity contribution in [2.24, 2.45) is 0 Å². The van der Waals surface area contributed by atoms with Crippen LogP contribution in [0, 0.1) is 5.82 Å². The first-order chi connectivity index (χ1) is 11.7. The van der Waals surface area contributed by atoms with Crippen molar-refractivity contribution in [1.29, 1.82) is 0 Å². The van der Waals surface area contributed by atoms with Crippen LogP contribution in [0.2, 0.25) is 5.02 Å². The van der Waals surface area contributed by atoms with Crippen LogP contribution >= 0.6 is 11.6 Å². The Balaban J connectivity index is 2.18. The molecule has 0 saturated heterocycles. The second-order valence-corrected chi connectivity index (χ2v) is 5.58. The molecule has 0 radical (unpaired) electrons. The Morgan fingerprint density at radius 2 is 1.84 bits per heavy atom. The van der Waals surface area contributed by atoms with E-state index in [4.69, 9.17) is 16.3 Å². The molecule has 0 heterocycles. The van der Waals surface area contributed by atoms with E-state index in [0.717, 1.165) is 24.3 Å². The zero-order valence-electron chi connectivity index (χ0n) is 13.0. The fourth-order valence-corrected chi connectivity index (χ4v) is 2.25. The highest BCUT2D eigenvalue weighted by atomic mass is 35.5. The molecule has 0 fully saturated rings. The van der Waals surface area contributed by atoms with E-state index in [2.05, 4.69) is 5.32 Å². The number of benzene rings is 2. The summed E-state index contributed by atoms with van der Waals surface area (Å²) in [4.78, 5) is 12.3. The Hall–Kier alpha value is -2.28. The number of anilines is 1. The molecule has 0 spiro atoms. The minimum Gasteiger partial charge on any atom is -0.481 e. The Kier molecular flexibility index (Phi) is 5.89. The molecular formula is C17H14ClF4NO2. The molecule has 2 rings (SSSR count). The first kappa shape index (κ1) is 19.1. The zero-order chi connectivity index (χ0) is 18.6. The maximum absolute atomic E-state index is 13.1. The summed E-state index contributed by atoms with van der Waals surface area (Å²) in [6.07, 6.45) is -5.51. The normalized spacial score (nSPS) is 12.6. The molecule has 1 atom stereocenters. The molecule has 0 unspecified atom stereocenters. The molecule has 2 aromatic rings. The monoisotopic (exact) mass is 375 g/mol. The SMILES string of the molecule is CC[C@H](Oc1ccc(F)cc1)C(=O)Nc1ccc(Cl)cc1C(F)(F)F. The number of rotatable bonds is 5. The molecule has 0 bridgehead atoms. The van der Waals surface area contributed by atoms with Crippen molar-refractivity contribution >= 4 is 23.2 Å². The van der Waals surface area contributed by atoms with Crippen LogP contribution in [-0.4, -0.2) is 12.0 Å². The van der Waals surface area contributed by atoms with Gasteiger partial charge in [-0.25, -0.2) is 4.39 Å². The number of carbonyl (C=O) groups is 1. The molecule has 134 valence electrons. The predicted molar refractivity (Wildman–Crippen MR) is 86.2 cm³/mol. The van der Waals surface area contributed by atoms with Crippen LogP contribution in [-0.2, 0) is 11.0 Å². The summed E-state index contributed by atoms with van der Waals surface area (Å²) in [6, 6.07) is 8.02. The van der Waals surface area contributed by atoms with Crippen molar-refractivity contribution in [3.05, 3.63) is 58.9 Å². The molecule has 25 heavy (non-hydrogen) atoms. The third-order valence-corrected chi connectivity index (χ3v) is 3.54. The number of nitrogens with one attached hydrogen (secondary N) is 1. The number of hydrogen-bond donors (Lipinski definition) is 1. The quantitative estimate of drug-likeness (QED) is 0.721. The van der Waals surface area contributed by atoms with Crippen LogP contribution < -0.4 is 10.1 Å². The Morgan fingerprint density at radius 1 is 1.20 bits per heavy atom. The van der Waals surface area contributed by atoms with E-state index >= 15 is 0 Å². The highest BCUT2D eigenvalue weighted by molar-refractivity contribution is 6.30. The minimum atomic E-state index is -4.67. The number of halogens is 5. The predicted octanol–water partition coefficient (Wildman–Crippen LogP) is 5.29. The molecule has 0 aromatic heterocycles. The Labute approximate surface area is 146 Å². The summed E-state index contributed by atoms with van der Waals surface area (Å²) in [5, 5.41) is 2.11. The van der Waals surface area contributed by atoms with Gasteiger partial charge in [-0.3, -0.25) is 4.79 Å². The average molecular weight is 376 g/mol. The van der Waals surface area contributed by atoms with Crippen molar-refractivity contribution in [2.75, 3.05) is 5.32 Å². The molecule has 1 amide bonds. The first-order valence-electron chi connectivity index (χ1n) is 7.30. The molecule has 0 aliphatic rings. The third-order valence-electron chi connectivity index (χ3n) is 3.30. The molecule has 0 aliphatic carbocycles. The molecule has 0 saturated carbocycles. The molecule has 2 aromatic carbocycles. The minimum absolute atomic E-state index is 0.0973. The van der Waals surface area contributed by atoms with Crippen molar-refractivity contribution in [2.45, 2.75) is 25.6 Å². The van der Waals surface area contributed by atoms with Crippen LogP contribution in [0.15, 0.2) is 42.5 Å². The fourth-order valence-electron chi connectivity index (χ4n) is 2.07. The summed E-state index contributed by atoms with van der Waals surface area (Å²) >= 11 is 5.60.